The van der Waals surface area contributed by atoms with Crippen molar-refractivity contribution in [2.75, 3.05) is 12.8 Å². The lowest BCUT2D eigenvalue weighted by Gasteiger charge is -2.31. The van der Waals surface area contributed by atoms with Gasteiger partial charge in [0.05, 0.1) is 10.8 Å². The number of ether oxygens (including phenoxy) is 1. The highest BCUT2D eigenvalue weighted by molar-refractivity contribution is 7.99. The van der Waals surface area contributed by atoms with E-state index >= 15 is 0 Å². The van der Waals surface area contributed by atoms with Gasteiger partial charge in [-0.15, -0.1) is 10.2 Å². The fraction of sp³-hybridized carbons (Fsp3) is 0.571. The normalized spacial score (nSPS) is 17.3. The lowest BCUT2D eigenvalue weighted by molar-refractivity contribution is -0.129. The van der Waals surface area contributed by atoms with Gasteiger partial charge in [0, 0.05) is 19.1 Å². The van der Waals surface area contributed by atoms with Crippen LogP contribution in [0.1, 0.15) is 56.8 Å². The molecule has 1 aromatic heterocycles. The van der Waals surface area contributed by atoms with Gasteiger partial charge in [-0.2, -0.15) is 0 Å². The van der Waals surface area contributed by atoms with Gasteiger partial charge in [-0.05, 0) is 37.8 Å². The Balaban J connectivity index is 1.38. The van der Waals surface area contributed by atoms with E-state index in [1.54, 1.807) is 6.07 Å². The highest BCUT2D eigenvalue weighted by Gasteiger charge is 2.30. The number of para-hydroxylation sites is 1. The quantitative estimate of drug-likeness (QED) is 0.562. The molecule has 6 nitrogen and oxygen atoms in total. The number of halogens is 1. The summed E-state index contributed by atoms with van der Waals surface area (Å²) in [6, 6.07) is 8.20. The molecule has 1 heterocycles. The zero-order valence-corrected chi connectivity index (χ0v) is 18.3. The maximum absolute atomic E-state index is 12.7. The molecular formula is C21H27ClN4O2S. The van der Waals surface area contributed by atoms with Crippen molar-refractivity contribution in [2.24, 2.45) is 0 Å². The van der Waals surface area contributed by atoms with E-state index in [2.05, 4.69) is 14.8 Å². The minimum absolute atomic E-state index is 0.168. The van der Waals surface area contributed by atoms with Gasteiger partial charge in [-0.25, -0.2) is 0 Å². The summed E-state index contributed by atoms with van der Waals surface area (Å²) in [6.07, 6.45) is 8.20. The minimum atomic E-state index is 0.168. The molecule has 0 saturated heterocycles. The van der Waals surface area contributed by atoms with Crippen LogP contribution in [0.5, 0.6) is 5.75 Å². The third-order valence-corrected chi connectivity index (χ3v) is 6.92. The van der Waals surface area contributed by atoms with Crippen molar-refractivity contribution >= 4 is 29.3 Å². The van der Waals surface area contributed by atoms with E-state index in [9.17, 15) is 4.79 Å². The van der Waals surface area contributed by atoms with Crippen molar-refractivity contribution in [3.8, 4) is 5.75 Å². The number of hydrogen-bond acceptors (Lipinski definition) is 5. The van der Waals surface area contributed by atoms with E-state index in [0.29, 0.717) is 35.2 Å². The van der Waals surface area contributed by atoms with Crippen molar-refractivity contribution in [1.29, 1.82) is 0 Å². The van der Waals surface area contributed by atoms with Crippen molar-refractivity contribution in [1.82, 2.24) is 19.7 Å². The Morgan fingerprint density at radius 3 is 2.69 bits per heavy atom. The Morgan fingerprint density at radius 1 is 1.21 bits per heavy atom. The summed E-state index contributed by atoms with van der Waals surface area (Å²) in [5.41, 5.74) is 0. The van der Waals surface area contributed by atoms with Gasteiger partial charge in [0.25, 0.3) is 0 Å². The fourth-order valence-electron chi connectivity index (χ4n) is 3.81. The summed E-state index contributed by atoms with van der Waals surface area (Å²) in [5.74, 6) is 1.98. The van der Waals surface area contributed by atoms with Crippen molar-refractivity contribution < 1.29 is 9.53 Å². The van der Waals surface area contributed by atoms with Crippen LogP contribution in [0, 0.1) is 0 Å². The molecule has 0 aliphatic heterocycles. The zero-order valence-electron chi connectivity index (χ0n) is 16.7. The zero-order chi connectivity index (χ0) is 20.2. The van der Waals surface area contributed by atoms with Crippen LogP contribution in [0.2, 0.25) is 5.02 Å². The predicted molar refractivity (Wildman–Crippen MR) is 114 cm³/mol. The summed E-state index contributed by atoms with van der Waals surface area (Å²) >= 11 is 7.65. The maximum atomic E-state index is 12.7. The van der Waals surface area contributed by atoms with Crippen LogP contribution in [0.3, 0.4) is 0 Å². The molecule has 29 heavy (non-hydrogen) atoms. The van der Waals surface area contributed by atoms with Crippen LogP contribution in [0.4, 0.5) is 0 Å². The second-order valence-corrected chi connectivity index (χ2v) is 9.15. The Bertz CT molecular complexity index is 849. The summed E-state index contributed by atoms with van der Waals surface area (Å²) in [7, 11) is 1.94. The summed E-state index contributed by atoms with van der Waals surface area (Å²) in [6.45, 7) is 0.309. The van der Waals surface area contributed by atoms with Crippen LogP contribution < -0.4 is 4.74 Å². The smallest absolute Gasteiger partial charge is 0.233 e. The number of rotatable bonds is 8. The van der Waals surface area contributed by atoms with Crippen LogP contribution in [-0.2, 0) is 11.4 Å². The van der Waals surface area contributed by atoms with E-state index in [1.807, 2.05) is 30.1 Å². The molecule has 2 saturated carbocycles. The van der Waals surface area contributed by atoms with Crippen LogP contribution >= 0.6 is 23.4 Å². The monoisotopic (exact) mass is 434 g/mol. The molecule has 8 heteroatoms. The molecule has 0 N–H and O–H groups in total. The number of amides is 1. The molecule has 2 aromatic rings. The average molecular weight is 435 g/mol. The topological polar surface area (TPSA) is 60.3 Å². The molecule has 4 rings (SSSR count). The van der Waals surface area contributed by atoms with Gasteiger partial charge in [0.1, 0.15) is 12.4 Å². The standard InChI is InChI=1S/C21H27ClN4O2S/c1-25(15-7-3-2-4-8-15)20(27)14-29-21-24-23-19(26(21)16-11-12-16)13-28-18-10-6-5-9-17(18)22/h5-6,9-10,15-16H,2-4,7-8,11-14H2,1H3. The Morgan fingerprint density at radius 2 is 1.97 bits per heavy atom. The molecule has 156 valence electrons. The highest BCUT2D eigenvalue weighted by Crippen LogP contribution is 2.39. The number of carbonyl (C=O) groups is 1. The first kappa shape index (κ1) is 20.5. The van der Waals surface area contributed by atoms with Gasteiger partial charge < -0.3 is 9.64 Å². The third-order valence-electron chi connectivity index (χ3n) is 5.68. The first-order valence-electron chi connectivity index (χ1n) is 10.3. The van der Waals surface area contributed by atoms with E-state index in [4.69, 9.17) is 16.3 Å². The number of thioether (sulfide) groups is 1. The Kier molecular flexibility index (Phi) is 6.65. The van der Waals surface area contributed by atoms with Crippen LogP contribution in [0.25, 0.3) is 0 Å². The SMILES string of the molecule is CN(C(=O)CSc1nnc(COc2ccccc2Cl)n1C1CC1)C1CCCCC1. The van der Waals surface area contributed by atoms with Gasteiger partial charge in [0.15, 0.2) is 11.0 Å². The molecule has 0 bridgehead atoms. The van der Waals surface area contributed by atoms with E-state index < -0.39 is 0 Å². The Labute approximate surface area is 181 Å². The molecule has 0 unspecified atom stereocenters. The maximum Gasteiger partial charge on any atom is 0.233 e. The largest absolute Gasteiger partial charge is 0.484 e. The van der Waals surface area contributed by atoms with Crippen molar-refractivity contribution in [3.63, 3.8) is 0 Å². The van der Waals surface area contributed by atoms with Crippen molar-refractivity contribution in [3.05, 3.63) is 35.1 Å². The van der Waals surface area contributed by atoms with Gasteiger partial charge in [0.2, 0.25) is 5.91 Å². The Hall–Kier alpha value is -1.73. The number of carbonyl (C=O) groups excluding carboxylic acids is 1. The van der Waals surface area contributed by atoms with Crippen LogP contribution in [0.15, 0.2) is 29.4 Å². The number of benzene rings is 1. The molecule has 1 aromatic carbocycles. The lowest BCUT2D eigenvalue weighted by atomic mass is 9.94. The average Bonchev–Trinajstić information content (AvgIpc) is 3.51. The highest BCUT2D eigenvalue weighted by atomic mass is 35.5. The summed E-state index contributed by atoms with van der Waals surface area (Å²) in [5, 5.41) is 10.1. The minimum Gasteiger partial charge on any atom is -0.484 e. The van der Waals surface area contributed by atoms with E-state index in [1.165, 1.54) is 31.0 Å². The van der Waals surface area contributed by atoms with Gasteiger partial charge in [-0.1, -0.05) is 54.8 Å². The second-order valence-electron chi connectivity index (χ2n) is 7.80. The molecule has 2 aliphatic rings. The molecule has 2 fully saturated rings. The van der Waals surface area contributed by atoms with Crippen molar-refractivity contribution in [2.45, 2.75) is 68.8 Å². The summed E-state index contributed by atoms with van der Waals surface area (Å²) < 4.78 is 7.99. The van der Waals surface area contributed by atoms with Gasteiger partial charge >= 0.3 is 0 Å². The first-order valence-corrected chi connectivity index (χ1v) is 11.7. The summed E-state index contributed by atoms with van der Waals surface area (Å²) in [4.78, 5) is 14.6. The van der Waals surface area contributed by atoms with E-state index in [0.717, 1.165) is 36.7 Å². The predicted octanol–water partition coefficient (Wildman–Crippen LogP) is 4.73. The van der Waals surface area contributed by atoms with E-state index in [-0.39, 0.29) is 5.91 Å². The molecule has 2 aliphatic carbocycles. The third kappa shape index (κ3) is 5.07. The number of aromatic nitrogens is 3. The molecule has 1 amide bonds. The van der Waals surface area contributed by atoms with Gasteiger partial charge in [-0.3, -0.25) is 9.36 Å². The van der Waals surface area contributed by atoms with Crippen LogP contribution in [-0.4, -0.2) is 44.4 Å². The molecule has 0 spiro atoms. The molecular weight excluding hydrogens is 408 g/mol. The first-order chi connectivity index (χ1) is 14.1. The molecule has 0 radical (unpaired) electrons. The fourth-order valence-corrected chi connectivity index (χ4v) is 4.95. The molecule has 0 atom stereocenters. The number of nitrogens with zero attached hydrogens (tertiary/aromatic N) is 4. The lowest BCUT2D eigenvalue weighted by Crippen LogP contribution is -2.39. The number of hydrogen-bond donors (Lipinski definition) is 0. The second kappa shape index (κ2) is 9.39.